The van der Waals surface area contributed by atoms with E-state index in [0.717, 1.165) is 0 Å². The highest BCUT2D eigenvalue weighted by Crippen LogP contribution is 2.06. The predicted molar refractivity (Wildman–Crippen MR) is 68.6 cm³/mol. The van der Waals surface area contributed by atoms with Crippen molar-refractivity contribution in [1.29, 1.82) is 0 Å². The van der Waals surface area contributed by atoms with Gasteiger partial charge in [0.15, 0.2) is 12.2 Å². The molecule has 2 unspecified atom stereocenters. The number of hydrogen-bond acceptors (Lipinski definition) is 10. The minimum absolute atomic E-state index is 0.00610. The molecule has 2 N–H and O–H groups in total. The van der Waals surface area contributed by atoms with Crippen molar-refractivity contribution >= 4 is 32.0 Å². The van der Waals surface area contributed by atoms with Gasteiger partial charge < -0.3 is 38.9 Å². The molecule has 0 radical (unpaired) electrons. The highest BCUT2D eigenvalue weighted by molar-refractivity contribution is 6.37. The Kier molecular flexibility index (Phi) is 5.71. The zero-order valence-electron chi connectivity index (χ0n) is 11.8. The van der Waals surface area contributed by atoms with Crippen molar-refractivity contribution < 1.29 is 47.6 Å². The first kappa shape index (κ1) is 16.5. The van der Waals surface area contributed by atoms with Crippen LogP contribution in [-0.4, -0.2) is 70.7 Å². The second-order valence-corrected chi connectivity index (χ2v) is 4.33. The molecule has 2 aliphatic heterocycles. The normalized spacial score (nSPS) is 22.1. The number of ether oxygens (including phenoxy) is 6. The van der Waals surface area contributed by atoms with Crippen molar-refractivity contribution in [2.45, 2.75) is 12.2 Å². The van der Waals surface area contributed by atoms with E-state index in [2.05, 4.69) is 29.4 Å². The lowest BCUT2D eigenvalue weighted by Gasteiger charge is -2.10. The van der Waals surface area contributed by atoms with E-state index in [1.54, 1.807) is 0 Å². The van der Waals surface area contributed by atoms with E-state index in [0.29, 0.717) is 0 Å². The number of cyclic esters (lactones) is 4. The first-order valence-corrected chi connectivity index (χ1v) is 6.51. The lowest BCUT2D eigenvalue weighted by molar-refractivity contribution is 0.0737. The molecule has 0 aliphatic carbocycles. The van der Waals surface area contributed by atoms with Gasteiger partial charge in [0.25, 0.3) is 0 Å². The summed E-state index contributed by atoms with van der Waals surface area (Å²) in [4.78, 5) is 43.8. The lowest BCUT2D eigenvalue weighted by atomic mass is 10.2. The molecule has 13 heteroatoms. The SMILES string of the molecule is O=C(NBNC(=O)OCC1COC(=O)O1)OCC1COC(=O)O1. The highest BCUT2D eigenvalue weighted by Gasteiger charge is 2.27. The fourth-order valence-electron chi connectivity index (χ4n) is 1.52. The summed E-state index contributed by atoms with van der Waals surface area (Å²) in [5.74, 6) is 0. The smallest absolute Gasteiger partial charge is 0.446 e. The van der Waals surface area contributed by atoms with Gasteiger partial charge in [-0.1, -0.05) is 0 Å². The van der Waals surface area contributed by atoms with Gasteiger partial charge in [-0.05, 0) is 0 Å². The summed E-state index contributed by atoms with van der Waals surface area (Å²) in [5, 5.41) is 4.44. The van der Waals surface area contributed by atoms with E-state index < -0.39 is 36.7 Å². The van der Waals surface area contributed by atoms with Gasteiger partial charge in [0.2, 0.25) is 0 Å². The maximum Gasteiger partial charge on any atom is 0.508 e. The summed E-state index contributed by atoms with van der Waals surface area (Å²) >= 11 is 0. The molecule has 12 nitrogen and oxygen atoms in total. The van der Waals surface area contributed by atoms with Crippen molar-refractivity contribution in [3.05, 3.63) is 0 Å². The fraction of sp³-hybridized carbons (Fsp3) is 0.600. The van der Waals surface area contributed by atoms with Gasteiger partial charge in [-0.3, -0.25) is 0 Å². The van der Waals surface area contributed by atoms with E-state index in [1.165, 1.54) is 0 Å². The Morgan fingerprint density at radius 1 is 0.957 bits per heavy atom. The Morgan fingerprint density at radius 2 is 1.39 bits per heavy atom. The second-order valence-electron chi connectivity index (χ2n) is 4.33. The van der Waals surface area contributed by atoms with Crippen LogP contribution in [0.25, 0.3) is 0 Å². The number of nitrogens with one attached hydrogen (secondary N) is 2. The molecule has 2 rings (SSSR count). The first-order valence-electron chi connectivity index (χ1n) is 6.51. The fourth-order valence-corrected chi connectivity index (χ4v) is 1.52. The van der Waals surface area contributed by atoms with Crippen LogP contribution in [0.1, 0.15) is 0 Å². The molecule has 0 aromatic rings. The lowest BCUT2D eigenvalue weighted by Crippen LogP contribution is -2.42. The van der Waals surface area contributed by atoms with Crippen molar-refractivity contribution in [3.63, 3.8) is 0 Å². The van der Waals surface area contributed by atoms with Gasteiger partial charge in [-0.15, -0.1) is 0 Å². The maximum atomic E-state index is 11.3. The summed E-state index contributed by atoms with van der Waals surface area (Å²) < 4.78 is 27.8. The molecule has 0 saturated carbocycles. The van der Waals surface area contributed by atoms with Gasteiger partial charge in [0.05, 0.1) is 0 Å². The number of rotatable bonds is 6. The van der Waals surface area contributed by atoms with Crippen LogP contribution < -0.4 is 10.5 Å². The molecule has 2 atom stereocenters. The average molecular weight is 332 g/mol. The van der Waals surface area contributed by atoms with E-state index in [-0.39, 0.29) is 34.0 Å². The van der Waals surface area contributed by atoms with Crippen LogP contribution >= 0.6 is 0 Å². The number of carbonyl (C=O) groups is 4. The molecule has 2 heterocycles. The van der Waals surface area contributed by atoms with Gasteiger partial charge >= 0.3 is 32.0 Å². The van der Waals surface area contributed by atoms with Gasteiger partial charge in [0, 0.05) is 0 Å². The Hall–Kier alpha value is -2.86. The average Bonchev–Trinajstić information content (AvgIpc) is 3.11. The molecule has 2 amide bonds. The summed E-state index contributed by atoms with van der Waals surface area (Å²) in [5.41, 5.74) is 0. The van der Waals surface area contributed by atoms with Gasteiger partial charge in [0.1, 0.15) is 26.4 Å². The third-order valence-corrected chi connectivity index (χ3v) is 2.57. The molecule has 2 fully saturated rings. The number of hydrogen-bond donors (Lipinski definition) is 2. The van der Waals surface area contributed by atoms with Crippen LogP contribution in [0.3, 0.4) is 0 Å². The van der Waals surface area contributed by atoms with Crippen LogP contribution in [0.5, 0.6) is 0 Å². The van der Waals surface area contributed by atoms with Crippen LogP contribution in [-0.2, 0) is 28.4 Å². The molecule has 0 aromatic heterocycles. The molecule has 2 saturated heterocycles. The third-order valence-electron chi connectivity index (χ3n) is 2.57. The Morgan fingerprint density at radius 3 is 1.74 bits per heavy atom. The topological polar surface area (TPSA) is 148 Å². The molecule has 23 heavy (non-hydrogen) atoms. The number of amides is 2. The van der Waals surface area contributed by atoms with Crippen LogP contribution in [0, 0.1) is 0 Å². The van der Waals surface area contributed by atoms with E-state index >= 15 is 0 Å². The van der Waals surface area contributed by atoms with Gasteiger partial charge in [-0.25, -0.2) is 19.2 Å². The molecule has 2 aliphatic rings. The predicted octanol–water partition coefficient (Wildman–Crippen LogP) is -1.22. The zero-order chi connectivity index (χ0) is 16.7. The van der Waals surface area contributed by atoms with Crippen molar-refractivity contribution in [2.24, 2.45) is 0 Å². The van der Waals surface area contributed by atoms with Crippen LogP contribution in [0.4, 0.5) is 19.2 Å². The van der Waals surface area contributed by atoms with Gasteiger partial charge in [-0.2, -0.15) is 0 Å². The van der Waals surface area contributed by atoms with Crippen molar-refractivity contribution in [1.82, 2.24) is 10.5 Å². The van der Waals surface area contributed by atoms with E-state index in [4.69, 9.17) is 9.47 Å². The number of carbonyl (C=O) groups excluding carboxylic acids is 4. The largest absolute Gasteiger partial charge is 0.508 e. The Balaban J connectivity index is 1.48. The molecular formula is C10H13BN2O10. The van der Waals surface area contributed by atoms with Crippen molar-refractivity contribution in [2.75, 3.05) is 26.4 Å². The van der Waals surface area contributed by atoms with E-state index in [9.17, 15) is 19.2 Å². The summed E-state index contributed by atoms with van der Waals surface area (Å²) in [6.45, 7) is -0.331. The quantitative estimate of drug-likeness (QED) is 0.344. The van der Waals surface area contributed by atoms with Crippen LogP contribution in [0.15, 0.2) is 0 Å². The summed E-state index contributed by atoms with van der Waals surface area (Å²) in [6.07, 6.45) is -4.59. The summed E-state index contributed by atoms with van der Waals surface area (Å²) in [6, 6.07) is 0. The molecule has 0 bridgehead atoms. The maximum absolute atomic E-state index is 11.3. The highest BCUT2D eigenvalue weighted by atomic mass is 16.8. The standard InChI is InChI=1S/C10H13BN2O10/c14-7(18-1-5-3-20-9(16)22-5)12-11-13-8(15)19-2-6-4-21-10(17)23-6/h5-6,11H,1-4H2,(H,12,14)(H,13,15). The molecule has 126 valence electrons. The molecule has 0 aromatic carbocycles. The zero-order valence-corrected chi connectivity index (χ0v) is 11.8. The van der Waals surface area contributed by atoms with Crippen molar-refractivity contribution in [3.8, 4) is 0 Å². The summed E-state index contributed by atoms with van der Waals surface area (Å²) in [7, 11) is -0.250. The molecule has 0 spiro atoms. The molecular weight excluding hydrogens is 319 g/mol. The monoisotopic (exact) mass is 332 g/mol. The van der Waals surface area contributed by atoms with Crippen LogP contribution in [0.2, 0.25) is 0 Å². The Bertz CT molecular complexity index is 444. The first-order chi connectivity index (χ1) is 11.0. The van der Waals surface area contributed by atoms with E-state index in [1.807, 2.05) is 0 Å². The Labute approximate surface area is 129 Å². The third kappa shape index (κ3) is 5.80. The second kappa shape index (κ2) is 7.96. The minimum Gasteiger partial charge on any atom is -0.446 e. The minimum atomic E-state index is -0.827.